The van der Waals surface area contributed by atoms with Crippen LogP contribution < -0.4 is 31.8 Å². The summed E-state index contributed by atoms with van der Waals surface area (Å²) in [6.45, 7) is 7.77. The Labute approximate surface area is 354 Å². The highest BCUT2D eigenvalue weighted by molar-refractivity contribution is 5.92. The van der Waals surface area contributed by atoms with Crippen LogP contribution in [0.2, 0.25) is 0 Å². The molecule has 2 aromatic carbocycles. The molecule has 13 heteroatoms. The number of phenols is 2. The largest absolute Gasteiger partial charge is 0.508 e. The number of likely N-dealkylation sites (N-methyl/N-ethyl adjacent to an activating group) is 1. The summed E-state index contributed by atoms with van der Waals surface area (Å²) < 4.78 is 20.6. The molecule has 8 unspecified atom stereocenters. The number of esters is 1. The van der Waals surface area contributed by atoms with Crippen LogP contribution in [-0.4, -0.2) is 64.0 Å². The lowest BCUT2D eigenvalue weighted by Gasteiger charge is -2.52. The second-order valence-corrected chi connectivity index (χ2v) is 17.6. The summed E-state index contributed by atoms with van der Waals surface area (Å²) in [6, 6.07) is 6.47. The third kappa shape index (κ3) is 6.63. The number of fused-ring (bicyclic) bond motifs is 9. The fraction of sp³-hybridized carbons (Fsp3) is 0.458. The number of hydrogen-bond acceptors (Lipinski definition) is 13. The molecular formula is C48H56N4O9. The van der Waals surface area contributed by atoms with Crippen LogP contribution in [0, 0.1) is 17.8 Å². The summed E-state index contributed by atoms with van der Waals surface area (Å²) in [4.78, 5) is 28.1. The van der Waals surface area contributed by atoms with Gasteiger partial charge in [0, 0.05) is 59.7 Å². The van der Waals surface area contributed by atoms with Gasteiger partial charge in [0.25, 0.3) is 0 Å². The number of nitrogens with one attached hydrogen (secondary N) is 3. The molecule has 0 radical (unpaired) electrons. The topological polar surface area (TPSA) is 209 Å². The predicted molar refractivity (Wildman–Crippen MR) is 230 cm³/mol. The van der Waals surface area contributed by atoms with E-state index in [4.69, 9.17) is 19.6 Å². The lowest BCUT2D eigenvalue weighted by Crippen LogP contribution is -2.59. The monoisotopic (exact) mass is 832 g/mol. The van der Waals surface area contributed by atoms with E-state index in [0.29, 0.717) is 42.8 Å². The van der Waals surface area contributed by atoms with Crippen molar-refractivity contribution in [2.24, 2.45) is 23.5 Å². The standard InChI is InChI=1S/C48H56N4O9/c1-5-23(3)47(58)60-37-19-33-43(57)41-36(56)18-28(21-53)59-45(41)42-39-31-13-14-51-46(49)40(31)30(12-8-24-7-10-27(55)17-32(24)34(39)22-54)29-11-9-25-16-38(50-6-2)52-20-26(25)15-35(29)48(37,4)61-44(33)42/h5,7,10,13,16-18,20,29-30,34-35,37-39,50-55,57H,6,8-9,11-12,14-15,19,21-22,49H2,1-4H3. The van der Waals surface area contributed by atoms with Gasteiger partial charge in [-0.1, -0.05) is 25.1 Å². The molecule has 4 aliphatic heterocycles. The maximum absolute atomic E-state index is 14.2. The van der Waals surface area contributed by atoms with Crippen molar-refractivity contribution in [3.05, 3.63) is 121 Å². The summed E-state index contributed by atoms with van der Waals surface area (Å²) in [5.41, 5.74) is 12.3. The number of aliphatic hydroxyl groups is 2. The van der Waals surface area contributed by atoms with E-state index in [-0.39, 0.29) is 76.5 Å². The first-order valence-corrected chi connectivity index (χ1v) is 21.6. The van der Waals surface area contributed by atoms with Gasteiger partial charge in [-0.3, -0.25) is 10.1 Å². The number of nitrogens with two attached hydrogens (primary N) is 1. The van der Waals surface area contributed by atoms with Gasteiger partial charge in [-0.15, -0.1) is 0 Å². The highest BCUT2D eigenvalue weighted by Gasteiger charge is 2.57. The number of hydrogen-bond donors (Lipinski definition) is 8. The quantitative estimate of drug-likeness (QED) is 0.119. The Morgan fingerprint density at radius 3 is 2.70 bits per heavy atom. The van der Waals surface area contributed by atoms with E-state index in [1.165, 1.54) is 11.6 Å². The third-order valence-electron chi connectivity index (χ3n) is 14.5. The van der Waals surface area contributed by atoms with Crippen molar-refractivity contribution in [1.29, 1.82) is 0 Å². The molecule has 8 atom stereocenters. The lowest BCUT2D eigenvalue weighted by atomic mass is 9.61. The second kappa shape index (κ2) is 15.8. The minimum Gasteiger partial charge on any atom is -0.508 e. The molecule has 6 aliphatic rings. The molecular weight excluding hydrogens is 777 g/mol. The predicted octanol–water partition coefficient (Wildman–Crippen LogP) is 5.17. The number of phenolic OH excluding ortho intramolecular Hbond substituents is 2. The molecule has 1 saturated carbocycles. The Kier molecular flexibility index (Phi) is 10.6. The van der Waals surface area contributed by atoms with Crippen molar-refractivity contribution in [3.63, 3.8) is 0 Å². The minimum atomic E-state index is -1.24. The van der Waals surface area contributed by atoms with Gasteiger partial charge in [-0.2, -0.15) is 0 Å². The molecule has 3 aromatic rings. The number of carbonyl (C=O) groups excluding carboxylic acids is 1. The number of ether oxygens (including phenoxy) is 2. The molecule has 1 aromatic heterocycles. The molecule has 9 rings (SSSR count). The molecule has 9 N–H and O–H groups in total. The fourth-order valence-electron chi connectivity index (χ4n) is 11.4. The number of dihydropyridines is 2. The highest BCUT2D eigenvalue weighted by atomic mass is 16.6. The van der Waals surface area contributed by atoms with Crippen molar-refractivity contribution in [2.45, 2.75) is 103 Å². The normalized spacial score (nSPS) is 29.2. The van der Waals surface area contributed by atoms with E-state index in [1.807, 2.05) is 13.0 Å². The number of aliphatic hydroxyl groups excluding tert-OH is 2. The SMILES string of the molecule is CC=C(C)C(=O)OC1Cc2c3c(c4oc(CO)cc(=O)c4c2O)C2C4=CCNC(N)=C4C(CCc4ccc(O)cc4C2CO)C2CCC4=CC(NCC)NC=C4CC2C1(C)O3. The fourth-order valence-corrected chi connectivity index (χ4v) is 11.4. The molecule has 61 heavy (non-hydrogen) atoms. The molecule has 322 valence electrons. The first kappa shape index (κ1) is 40.9. The van der Waals surface area contributed by atoms with E-state index in [2.05, 4.69) is 41.2 Å². The van der Waals surface area contributed by atoms with Crippen LogP contribution in [0.5, 0.6) is 17.2 Å². The number of rotatable bonds is 6. The van der Waals surface area contributed by atoms with Crippen LogP contribution in [0.1, 0.15) is 93.2 Å². The summed E-state index contributed by atoms with van der Waals surface area (Å²) >= 11 is 0. The number of aryl methyl sites for hydroxylation is 1. The van der Waals surface area contributed by atoms with Crippen molar-refractivity contribution in [3.8, 4) is 17.2 Å². The number of benzene rings is 2. The number of aromatic hydroxyl groups is 2. The van der Waals surface area contributed by atoms with Gasteiger partial charge in [0.05, 0.1) is 12.8 Å². The van der Waals surface area contributed by atoms with Gasteiger partial charge in [0.2, 0.25) is 0 Å². The summed E-state index contributed by atoms with van der Waals surface area (Å²) in [5.74, 6) is -2.19. The van der Waals surface area contributed by atoms with Gasteiger partial charge in [-0.25, -0.2) is 4.79 Å². The molecule has 0 saturated heterocycles. The van der Waals surface area contributed by atoms with E-state index >= 15 is 0 Å². The van der Waals surface area contributed by atoms with Crippen LogP contribution >= 0.6 is 0 Å². The Morgan fingerprint density at radius 2 is 1.95 bits per heavy atom. The van der Waals surface area contributed by atoms with E-state index in [9.17, 15) is 30.0 Å². The Hall–Kier alpha value is -5.50. The van der Waals surface area contributed by atoms with Crippen LogP contribution in [0.15, 0.2) is 91.6 Å². The number of carbonyl (C=O) groups is 1. The number of allylic oxidation sites excluding steroid dienone is 5. The molecule has 0 spiro atoms. The van der Waals surface area contributed by atoms with Gasteiger partial charge >= 0.3 is 5.97 Å². The van der Waals surface area contributed by atoms with Gasteiger partial charge in [0.1, 0.15) is 58.1 Å². The van der Waals surface area contributed by atoms with Crippen LogP contribution in [-0.2, 0) is 29.0 Å². The molecule has 2 aliphatic carbocycles. The van der Waals surface area contributed by atoms with Crippen molar-refractivity contribution < 1.29 is 39.1 Å². The summed E-state index contributed by atoms with van der Waals surface area (Å²) in [6.07, 6.45) is 10.6. The van der Waals surface area contributed by atoms with Gasteiger partial charge < -0.3 is 50.7 Å². The lowest BCUT2D eigenvalue weighted by molar-refractivity contribution is -0.169. The zero-order chi connectivity index (χ0) is 42.9. The van der Waals surface area contributed by atoms with Crippen molar-refractivity contribution in [2.75, 3.05) is 19.7 Å². The average Bonchev–Trinajstić information content (AvgIpc) is 3.41. The van der Waals surface area contributed by atoms with Crippen LogP contribution in [0.25, 0.3) is 11.0 Å². The first-order chi connectivity index (χ1) is 29.4. The summed E-state index contributed by atoms with van der Waals surface area (Å²) in [7, 11) is 0. The van der Waals surface area contributed by atoms with E-state index in [1.54, 1.807) is 32.1 Å². The molecule has 13 nitrogen and oxygen atoms in total. The van der Waals surface area contributed by atoms with Crippen LogP contribution in [0.4, 0.5) is 0 Å². The highest BCUT2D eigenvalue weighted by Crippen LogP contribution is 2.61. The third-order valence-corrected chi connectivity index (χ3v) is 14.5. The average molecular weight is 833 g/mol. The van der Waals surface area contributed by atoms with Crippen LogP contribution in [0.3, 0.4) is 0 Å². The van der Waals surface area contributed by atoms with Gasteiger partial charge in [0.15, 0.2) is 5.43 Å². The van der Waals surface area contributed by atoms with Crippen molar-refractivity contribution in [1.82, 2.24) is 16.0 Å². The smallest absolute Gasteiger partial charge is 0.333 e. The maximum atomic E-state index is 14.2. The summed E-state index contributed by atoms with van der Waals surface area (Å²) in [5, 5.41) is 55.9. The maximum Gasteiger partial charge on any atom is 0.333 e. The Balaban J connectivity index is 1.43. The Morgan fingerprint density at radius 1 is 1.13 bits per heavy atom. The minimum absolute atomic E-state index is 0.0118. The molecule has 1 fully saturated rings. The second-order valence-electron chi connectivity index (χ2n) is 17.6. The molecule has 0 amide bonds. The van der Waals surface area contributed by atoms with E-state index < -0.39 is 41.5 Å². The van der Waals surface area contributed by atoms with Gasteiger partial charge in [-0.05, 0) is 123 Å². The molecule has 4 bridgehead atoms. The first-order valence-electron chi connectivity index (χ1n) is 21.6. The Bertz CT molecular complexity index is 2530. The van der Waals surface area contributed by atoms with Crippen molar-refractivity contribution >= 4 is 16.9 Å². The van der Waals surface area contributed by atoms with E-state index in [0.717, 1.165) is 47.2 Å². The zero-order valence-electron chi connectivity index (χ0n) is 35.1. The molecule has 5 heterocycles. The zero-order valence-corrected chi connectivity index (χ0v) is 35.1.